The molecule has 0 fully saturated rings. The smallest absolute Gasteiger partial charge is 0.251 e. The molecule has 0 bridgehead atoms. The summed E-state index contributed by atoms with van der Waals surface area (Å²) in [5.74, 6) is 0.0783. The molecule has 1 aliphatic rings. The van der Waals surface area contributed by atoms with E-state index in [-0.39, 0.29) is 22.5 Å². The molecule has 7 heteroatoms. The number of aromatic amines is 1. The van der Waals surface area contributed by atoms with Crippen molar-refractivity contribution in [1.82, 2.24) is 14.1 Å². The van der Waals surface area contributed by atoms with Crippen molar-refractivity contribution in [3.63, 3.8) is 0 Å². The molecule has 0 amide bonds. The van der Waals surface area contributed by atoms with E-state index in [2.05, 4.69) is 18.8 Å². The Hall–Kier alpha value is -3.48. The van der Waals surface area contributed by atoms with Crippen LogP contribution in [0.3, 0.4) is 0 Å². The predicted molar refractivity (Wildman–Crippen MR) is 238 cm³/mol. The number of hydrogen-bond acceptors (Lipinski definition) is 4. The van der Waals surface area contributed by atoms with Crippen LogP contribution in [0.25, 0.3) is 17.1 Å². The van der Waals surface area contributed by atoms with Crippen LogP contribution in [0.4, 0.5) is 0 Å². The van der Waals surface area contributed by atoms with Crippen molar-refractivity contribution in [2.45, 2.75) is 213 Å². The highest BCUT2D eigenvalue weighted by molar-refractivity contribution is 5.97. The molecule has 0 atom stereocenters. The average Bonchev–Trinajstić information content (AvgIpc) is 3.19. The summed E-state index contributed by atoms with van der Waals surface area (Å²) in [5, 5.41) is 0. The fraction of sp³-hybridized carbons (Fsp3) is 0.673. The van der Waals surface area contributed by atoms with Gasteiger partial charge in [-0.2, -0.15) is 0 Å². The van der Waals surface area contributed by atoms with Crippen LogP contribution in [0, 0.1) is 0 Å². The molecule has 0 saturated heterocycles. The maximum atomic E-state index is 12.8. The zero-order chi connectivity index (χ0) is 40.1. The summed E-state index contributed by atoms with van der Waals surface area (Å²) in [6, 6.07) is 10.2. The first-order valence-electron chi connectivity index (χ1n) is 23.1. The van der Waals surface area contributed by atoms with Gasteiger partial charge in [-0.15, -0.1) is 0 Å². The lowest BCUT2D eigenvalue weighted by atomic mass is 10.0. The Morgan fingerprint density at radius 2 is 0.786 bits per heavy atom. The zero-order valence-corrected chi connectivity index (χ0v) is 35.6. The minimum absolute atomic E-state index is 0.0499. The zero-order valence-electron chi connectivity index (χ0n) is 35.6. The minimum atomic E-state index is -0.132. The molecule has 3 aromatic heterocycles. The van der Waals surface area contributed by atoms with E-state index in [1.165, 1.54) is 179 Å². The number of fused-ring (bicyclic) bond motifs is 2. The van der Waals surface area contributed by atoms with Crippen LogP contribution in [0.5, 0.6) is 0 Å². The first-order valence-corrected chi connectivity index (χ1v) is 23.1. The number of rotatable bonds is 30. The third kappa shape index (κ3) is 19.1. The number of H-pyrrole nitrogens is 1. The third-order valence-corrected chi connectivity index (χ3v) is 11.5. The maximum absolute atomic E-state index is 12.8. The van der Waals surface area contributed by atoms with Gasteiger partial charge < -0.3 is 14.1 Å². The van der Waals surface area contributed by atoms with E-state index in [1.54, 1.807) is 24.3 Å². The van der Waals surface area contributed by atoms with Crippen LogP contribution in [-0.4, -0.2) is 19.9 Å². The molecule has 0 unspecified atom stereocenters. The number of nitrogens with one attached hydrogen (secondary N) is 1. The molecule has 3 heterocycles. The monoisotopic (exact) mass is 772 g/mol. The SMILES string of the molecule is CCCCCCCCCCCCCCCCn1c(=O)ccc2c1ccc(=O)n2CCCCCCCCCCCCCCCC.O=C1C=Cc2[nH]c(=O)ccc2C1. The van der Waals surface area contributed by atoms with Gasteiger partial charge in [-0.25, -0.2) is 0 Å². The lowest BCUT2D eigenvalue weighted by Gasteiger charge is -2.14. The van der Waals surface area contributed by atoms with Gasteiger partial charge in [0.05, 0.1) is 11.0 Å². The van der Waals surface area contributed by atoms with Gasteiger partial charge in [-0.05, 0) is 42.7 Å². The molecule has 1 aliphatic carbocycles. The first-order chi connectivity index (χ1) is 27.4. The number of pyridine rings is 3. The molecule has 0 aliphatic heterocycles. The van der Waals surface area contributed by atoms with Crippen molar-refractivity contribution in [2.24, 2.45) is 0 Å². The fourth-order valence-corrected chi connectivity index (χ4v) is 7.98. The van der Waals surface area contributed by atoms with Crippen molar-refractivity contribution in [2.75, 3.05) is 0 Å². The van der Waals surface area contributed by atoms with E-state index >= 15 is 0 Å². The Morgan fingerprint density at radius 3 is 1.16 bits per heavy atom. The number of aromatic nitrogens is 3. The highest BCUT2D eigenvalue weighted by atomic mass is 16.1. The Kier molecular flexibility index (Phi) is 24.9. The molecule has 56 heavy (non-hydrogen) atoms. The average molecular weight is 772 g/mol. The lowest BCUT2D eigenvalue weighted by molar-refractivity contribution is -0.114. The van der Waals surface area contributed by atoms with Crippen molar-refractivity contribution in [3.05, 3.63) is 84.8 Å². The van der Waals surface area contributed by atoms with Crippen LogP contribution in [-0.2, 0) is 24.3 Å². The van der Waals surface area contributed by atoms with Crippen LogP contribution >= 0.6 is 0 Å². The molecule has 3 aromatic rings. The van der Waals surface area contributed by atoms with E-state index < -0.39 is 0 Å². The van der Waals surface area contributed by atoms with Gasteiger partial charge in [0, 0.05) is 43.4 Å². The Balaban J connectivity index is 0.000000587. The van der Waals surface area contributed by atoms with E-state index in [4.69, 9.17) is 0 Å². The molecule has 0 radical (unpaired) electrons. The molecule has 1 N–H and O–H groups in total. The molecule has 0 spiro atoms. The second kappa shape index (κ2) is 29.7. The molecular formula is C49H77N3O4. The molecule has 0 saturated carbocycles. The van der Waals surface area contributed by atoms with E-state index in [9.17, 15) is 19.2 Å². The van der Waals surface area contributed by atoms with Gasteiger partial charge in [0.15, 0.2) is 5.78 Å². The summed E-state index contributed by atoms with van der Waals surface area (Å²) in [4.78, 5) is 50.0. The van der Waals surface area contributed by atoms with E-state index in [0.29, 0.717) is 6.42 Å². The first kappa shape index (κ1) is 46.9. The van der Waals surface area contributed by atoms with Gasteiger partial charge in [0.1, 0.15) is 0 Å². The number of nitrogens with zero attached hydrogens (tertiary/aromatic N) is 2. The minimum Gasteiger partial charge on any atom is -0.322 e. The summed E-state index contributed by atoms with van der Waals surface area (Å²) >= 11 is 0. The van der Waals surface area contributed by atoms with Gasteiger partial charge in [-0.1, -0.05) is 187 Å². The van der Waals surface area contributed by atoms with Gasteiger partial charge >= 0.3 is 0 Å². The van der Waals surface area contributed by atoms with Crippen LogP contribution in [0.2, 0.25) is 0 Å². The Labute approximate surface area is 338 Å². The molecular weight excluding hydrogens is 695 g/mol. The van der Waals surface area contributed by atoms with E-state index in [1.807, 2.05) is 21.3 Å². The van der Waals surface area contributed by atoms with Gasteiger partial charge in [0.25, 0.3) is 11.1 Å². The molecule has 0 aromatic carbocycles. The number of ketones is 1. The lowest BCUT2D eigenvalue weighted by Crippen LogP contribution is -2.25. The number of allylic oxidation sites excluding steroid dienone is 1. The van der Waals surface area contributed by atoms with Crippen LogP contribution < -0.4 is 16.7 Å². The number of carbonyl (C=O) groups excluding carboxylic acids is 1. The number of unbranched alkanes of at least 4 members (excludes halogenated alkanes) is 26. The highest BCUT2D eigenvalue weighted by Crippen LogP contribution is 2.17. The predicted octanol–water partition coefficient (Wildman–Crippen LogP) is 12.6. The van der Waals surface area contributed by atoms with E-state index in [0.717, 1.165) is 48.2 Å². The second-order valence-corrected chi connectivity index (χ2v) is 16.3. The van der Waals surface area contributed by atoms with Gasteiger partial charge in [0.2, 0.25) is 5.56 Å². The van der Waals surface area contributed by atoms with Crippen LogP contribution in [0.15, 0.2) is 56.9 Å². The normalized spacial score (nSPS) is 12.2. The Bertz CT molecular complexity index is 1630. The quantitative estimate of drug-likeness (QED) is 0.0683. The number of carbonyl (C=O) groups is 1. The Morgan fingerprint density at radius 1 is 0.429 bits per heavy atom. The molecule has 312 valence electrons. The largest absolute Gasteiger partial charge is 0.322 e. The van der Waals surface area contributed by atoms with Crippen molar-refractivity contribution < 1.29 is 4.79 Å². The third-order valence-electron chi connectivity index (χ3n) is 11.5. The number of aryl methyl sites for hydroxylation is 2. The summed E-state index contributed by atoms with van der Waals surface area (Å²) < 4.78 is 3.80. The van der Waals surface area contributed by atoms with Crippen molar-refractivity contribution in [1.29, 1.82) is 0 Å². The summed E-state index contributed by atoms with van der Waals surface area (Å²) in [7, 11) is 0. The molecule has 4 rings (SSSR count). The fourth-order valence-electron chi connectivity index (χ4n) is 7.98. The van der Waals surface area contributed by atoms with Gasteiger partial charge in [-0.3, -0.25) is 19.2 Å². The highest BCUT2D eigenvalue weighted by Gasteiger charge is 2.10. The standard InChI is InChI=1S/C40H70N2O2.C9H7NO2/c1-3-5-7-9-11-13-15-17-19-21-23-25-27-29-35-41-37-31-34-40(44)42(38(37)32-33-39(41)43)36-30-28-26-24-22-20-18-16-14-12-10-8-6-4-2;11-7-2-3-8-6(5-7)1-4-9(12)10-8/h31-34H,3-30,35-36H2,1-2H3;1-4H,5H2,(H,10,12). The van der Waals surface area contributed by atoms with Crippen LogP contribution in [0.1, 0.15) is 205 Å². The second-order valence-electron chi connectivity index (χ2n) is 16.3. The maximum Gasteiger partial charge on any atom is 0.251 e. The van der Waals surface area contributed by atoms with Crippen molar-refractivity contribution >= 4 is 22.9 Å². The number of hydrogen-bond donors (Lipinski definition) is 1. The summed E-state index contributed by atoms with van der Waals surface area (Å²) in [5.41, 5.74) is 3.44. The topological polar surface area (TPSA) is 93.9 Å². The van der Waals surface area contributed by atoms with Crippen molar-refractivity contribution in [3.8, 4) is 0 Å². The summed E-state index contributed by atoms with van der Waals surface area (Å²) in [6.45, 7) is 6.05. The summed E-state index contributed by atoms with van der Waals surface area (Å²) in [6.07, 6.45) is 40.8. The molecule has 7 nitrogen and oxygen atoms in total.